The van der Waals surface area contributed by atoms with Crippen LogP contribution in [0.1, 0.15) is 12.0 Å². The van der Waals surface area contributed by atoms with Crippen LogP contribution in [0.5, 0.6) is 0 Å². The number of hydrogen-bond donors (Lipinski definition) is 2. The van der Waals surface area contributed by atoms with Gasteiger partial charge in [-0.05, 0) is 36.7 Å². The van der Waals surface area contributed by atoms with Crippen LogP contribution in [-0.4, -0.2) is 31.5 Å². The maximum atomic E-state index is 14.0. The second-order valence-electron chi connectivity index (χ2n) is 5.85. The number of sulfone groups is 1. The van der Waals surface area contributed by atoms with Crippen molar-refractivity contribution in [1.29, 1.82) is 0 Å². The van der Waals surface area contributed by atoms with Gasteiger partial charge in [-0.15, -0.1) is 0 Å². The molecule has 1 aliphatic heterocycles. The van der Waals surface area contributed by atoms with Crippen LogP contribution in [0.25, 0.3) is 16.6 Å². The van der Waals surface area contributed by atoms with Crippen molar-refractivity contribution in [3.05, 3.63) is 60.2 Å². The molecular weight excluding hydrogens is 341 g/mol. The molecule has 2 aromatic heterocycles. The molecule has 25 heavy (non-hydrogen) atoms. The fourth-order valence-electron chi connectivity index (χ4n) is 3.12. The first kappa shape index (κ1) is 16.0. The zero-order valence-corrected chi connectivity index (χ0v) is 14.1. The second kappa shape index (κ2) is 6.09. The summed E-state index contributed by atoms with van der Waals surface area (Å²) in [5, 5.41) is 3.24. The lowest BCUT2D eigenvalue weighted by molar-refractivity contribution is 0.567. The molecule has 0 radical (unpaired) electrons. The van der Waals surface area contributed by atoms with E-state index in [0.29, 0.717) is 11.0 Å². The Labute approximate surface area is 144 Å². The highest BCUT2D eigenvalue weighted by Crippen LogP contribution is 2.32. The maximum absolute atomic E-state index is 14.0. The molecular formula is C18H16FN3O2S. The van der Waals surface area contributed by atoms with Crippen LogP contribution in [0.2, 0.25) is 0 Å². The van der Waals surface area contributed by atoms with Gasteiger partial charge in [0, 0.05) is 24.5 Å². The van der Waals surface area contributed by atoms with Crippen molar-refractivity contribution in [3.8, 4) is 0 Å². The van der Waals surface area contributed by atoms with Crippen molar-refractivity contribution in [2.24, 2.45) is 0 Å². The van der Waals surface area contributed by atoms with Gasteiger partial charge in [-0.1, -0.05) is 18.2 Å². The van der Waals surface area contributed by atoms with Crippen LogP contribution in [0.4, 0.5) is 4.39 Å². The van der Waals surface area contributed by atoms with Crippen LogP contribution in [0, 0.1) is 5.82 Å². The van der Waals surface area contributed by atoms with Gasteiger partial charge in [0.15, 0.2) is 0 Å². The van der Waals surface area contributed by atoms with Gasteiger partial charge >= 0.3 is 0 Å². The normalized spacial score (nSPS) is 15.3. The minimum absolute atomic E-state index is 0.0309. The van der Waals surface area contributed by atoms with Gasteiger partial charge in [-0.3, -0.25) is 4.98 Å². The third-order valence-corrected chi connectivity index (χ3v) is 6.18. The van der Waals surface area contributed by atoms with Gasteiger partial charge in [-0.2, -0.15) is 0 Å². The summed E-state index contributed by atoms with van der Waals surface area (Å²) in [5.74, 6) is -0.764. The average molecular weight is 357 g/mol. The molecule has 2 N–H and O–H groups in total. The van der Waals surface area contributed by atoms with Gasteiger partial charge in [0.1, 0.15) is 10.7 Å². The molecule has 0 spiro atoms. The Morgan fingerprint density at radius 3 is 2.72 bits per heavy atom. The van der Waals surface area contributed by atoms with Gasteiger partial charge in [0.25, 0.3) is 0 Å². The predicted octanol–water partition coefficient (Wildman–Crippen LogP) is 2.91. The molecule has 1 aliphatic rings. The van der Waals surface area contributed by atoms with Crippen molar-refractivity contribution in [3.63, 3.8) is 0 Å². The molecule has 0 bridgehead atoms. The monoisotopic (exact) mass is 357 g/mol. The lowest BCUT2D eigenvalue weighted by Gasteiger charge is -2.13. The molecule has 4 rings (SSSR count). The van der Waals surface area contributed by atoms with E-state index in [2.05, 4.69) is 21.4 Å². The number of aromatic nitrogens is 2. The number of H-pyrrole nitrogens is 1. The molecule has 1 aromatic carbocycles. The minimum atomic E-state index is -3.99. The van der Waals surface area contributed by atoms with Gasteiger partial charge in [-0.25, -0.2) is 12.8 Å². The van der Waals surface area contributed by atoms with Gasteiger partial charge < -0.3 is 10.3 Å². The van der Waals surface area contributed by atoms with Gasteiger partial charge in [0.05, 0.1) is 15.9 Å². The zero-order valence-electron chi connectivity index (χ0n) is 13.3. The summed E-state index contributed by atoms with van der Waals surface area (Å²) in [5.41, 5.74) is 3.01. The maximum Gasteiger partial charge on any atom is 0.211 e. The van der Waals surface area contributed by atoms with E-state index < -0.39 is 15.7 Å². The first-order chi connectivity index (χ1) is 12.1. The Bertz CT molecular complexity index is 1090. The van der Waals surface area contributed by atoms with Crippen LogP contribution in [0.15, 0.2) is 58.6 Å². The summed E-state index contributed by atoms with van der Waals surface area (Å²) in [6.45, 7) is 1.64. The Morgan fingerprint density at radius 2 is 1.96 bits per heavy atom. The topological polar surface area (TPSA) is 74.8 Å². The Hall–Kier alpha value is -2.51. The van der Waals surface area contributed by atoms with E-state index in [1.54, 1.807) is 6.20 Å². The summed E-state index contributed by atoms with van der Waals surface area (Å²) >= 11 is 0. The summed E-state index contributed by atoms with van der Waals surface area (Å²) in [4.78, 5) is 7.08. The zero-order chi connectivity index (χ0) is 17.4. The molecule has 128 valence electrons. The molecule has 0 saturated carbocycles. The van der Waals surface area contributed by atoms with Crippen molar-refractivity contribution >= 4 is 26.4 Å². The molecule has 3 aromatic rings. The second-order valence-corrected chi connectivity index (χ2v) is 7.74. The number of nitrogens with one attached hydrogen (secondary N) is 2. The van der Waals surface area contributed by atoms with E-state index in [4.69, 9.17) is 0 Å². The highest BCUT2D eigenvalue weighted by molar-refractivity contribution is 7.91. The van der Waals surface area contributed by atoms with E-state index in [0.717, 1.165) is 36.7 Å². The van der Waals surface area contributed by atoms with E-state index >= 15 is 0 Å². The number of halogens is 1. The average Bonchev–Trinajstić information content (AvgIpc) is 3.06. The number of fused-ring (bicyclic) bond motifs is 1. The standard InChI is InChI=1S/C18H16FN3O2S/c19-14-3-1-2-4-15(14)25(23,24)16-7-10-21-17-13(11-22-18(16)17)12-5-8-20-9-6-12/h1-5,7,10-11,20,22H,6,8-9H2. The van der Waals surface area contributed by atoms with Gasteiger partial charge in [0.2, 0.25) is 9.84 Å². The molecule has 0 atom stereocenters. The summed E-state index contributed by atoms with van der Waals surface area (Å²) in [6.07, 6.45) is 6.15. The molecule has 3 heterocycles. The molecule has 0 fully saturated rings. The summed E-state index contributed by atoms with van der Waals surface area (Å²) < 4.78 is 39.9. The van der Waals surface area contributed by atoms with Crippen molar-refractivity contribution in [2.45, 2.75) is 16.2 Å². The number of benzene rings is 1. The fourth-order valence-corrected chi connectivity index (χ4v) is 4.60. The molecule has 7 heteroatoms. The van der Waals surface area contributed by atoms with E-state index in [9.17, 15) is 12.8 Å². The van der Waals surface area contributed by atoms with Crippen LogP contribution >= 0.6 is 0 Å². The number of hydrogen-bond acceptors (Lipinski definition) is 4. The fraction of sp³-hybridized carbons (Fsp3) is 0.167. The van der Waals surface area contributed by atoms with Crippen molar-refractivity contribution in [2.75, 3.05) is 13.1 Å². The molecule has 0 unspecified atom stereocenters. The van der Waals surface area contributed by atoms with Crippen LogP contribution < -0.4 is 5.32 Å². The predicted molar refractivity (Wildman–Crippen MR) is 93.4 cm³/mol. The Kier molecular flexibility index (Phi) is 3.89. The quantitative estimate of drug-likeness (QED) is 0.756. The summed E-state index contributed by atoms with van der Waals surface area (Å²) in [7, 11) is -3.99. The SMILES string of the molecule is O=S(=O)(c1ccccc1F)c1ccnc2c(C3=CCNCC3)c[nH]c12. The third kappa shape index (κ3) is 2.65. The third-order valence-electron chi connectivity index (χ3n) is 4.35. The van der Waals surface area contributed by atoms with Crippen molar-refractivity contribution in [1.82, 2.24) is 15.3 Å². The lowest BCUT2D eigenvalue weighted by Crippen LogP contribution is -2.19. The molecule has 5 nitrogen and oxygen atoms in total. The lowest BCUT2D eigenvalue weighted by atomic mass is 10.0. The molecule has 0 amide bonds. The van der Waals surface area contributed by atoms with E-state index in [1.165, 1.54) is 30.5 Å². The highest BCUT2D eigenvalue weighted by atomic mass is 32.2. The van der Waals surface area contributed by atoms with E-state index in [-0.39, 0.29) is 9.79 Å². The Morgan fingerprint density at radius 1 is 1.12 bits per heavy atom. The smallest absolute Gasteiger partial charge is 0.211 e. The van der Waals surface area contributed by atoms with Crippen LogP contribution in [-0.2, 0) is 9.84 Å². The van der Waals surface area contributed by atoms with Crippen molar-refractivity contribution < 1.29 is 12.8 Å². The van der Waals surface area contributed by atoms with E-state index in [1.807, 2.05) is 0 Å². The van der Waals surface area contributed by atoms with Crippen LogP contribution in [0.3, 0.4) is 0 Å². The highest BCUT2D eigenvalue weighted by Gasteiger charge is 2.25. The number of aromatic amines is 1. The first-order valence-electron chi connectivity index (χ1n) is 7.95. The first-order valence-corrected chi connectivity index (χ1v) is 9.43. The number of nitrogens with zero attached hydrogens (tertiary/aromatic N) is 1. The number of rotatable bonds is 3. The summed E-state index contributed by atoms with van der Waals surface area (Å²) in [6, 6.07) is 6.80. The molecule has 0 saturated heterocycles. The minimum Gasteiger partial charge on any atom is -0.358 e. The largest absolute Gasteiger partial charge is 0.358 e. The number of pyridine rings is 1. The molecule has 0 aliphatic carbocycles. The Balaban J connectivity index is 1.91.